The van der Waals surface area contributed by atoms with Gasteiger partial charge in [0.15, 0.2) is 0 Å². The SMILES string of the molecule is [Co].[Cs+].[H-].[H-].[H-].[Mo].[SeH].[Sr+2]. The van der Waals surface area contributed by atoms with E-state index in [4.69, 9.17) is 0 Å². The summed E-state index contributed by atoms with van der Waals surface area (Å²) in [6, 6.07) is 0. The molecule has 0 amide bonds. The first-order valence-electron chi connectivity index (χ1n) is 0. The van der Waals surface area contributed by atoms with Gasteiger partial charge in [0.2, 0.25) is 0 Å². The maximum Gasteiger partial charge on any atom is 2.00 e. The van der Waals surface area contributed by atoms with Crippen molar-refractivity contribution in [1.82, 2.24) is 0 Å². The average Bonchev–Trinajstić information content (AvgIpc) is 0. The van der Waals surface area contributed by atoms with E-state index in [1.807, 2.05) is 0 Å². The normalized spacial score (nSPS) is 0. The van der Waals surface area contributed by atoms with Crippen molar-refractivity contribution < 1.29 is 111 Å². The van der Waals surface area contributed by atoms with Crippen molar-refractivity contribution in [2.45, 2.75) is 0 Å². The van der Waals surface area contributed by atoms with Gasteiger partial charge in [0.1, 0.15) is 0 Å². The summed E-state index contributed by atoms with van der Waals surface area (Å²) in [6.07, 6.45) is 0. The topological polar surface area (TPSA) is 0 Å². The van der Waals surface area contributed by atoms with Gasteiger partial charge in [-0.3, -0.25) is 0 Å². The van der Waals surface area contributed by atoms with Gasteiger partial charge >= 0.3 is 131 Å². The van der Waals surface area contributed by atoms with Crippen molar-refractivity contribution in [1.29, 1.82) is 0 Å². The third-order valence-corrected chi connectivity index (χ3v) is 0. The molecule has 0 unspecified atom stereocenters. The van der Waals surface area contributed by atoms with Gasteiger partial charge in [-0.2, -0.15) is 0 Å². The summed E-state index contributed by atoms with van der Waals surface area (Å²) < 4.78 is 0. The second kappa shape index (κ2) is 22.8. The van der Waals surface area contributed by atoms with Gasteiger partial charge in [-0.15, -0.1) is 0 Å². The molecule has 0 aromatic rings. The van der Waals surface area contributed by atoms with Crippen molar-refractivity contribution in [2.75, 3.05) is 0 Å². The quantitative estimate of drug-likeness (QED) is 0.328. The van der Waals surface area contributed by atoms with Crippen molar-refractivity contribution in [2.24, 2.45) is 0 Å². The summed E-state index contributed by atoms with van der Waals surface area (Å²) in [5.41, 5.74) is 0. The Labute approximate surface area is 168 Å². The fourth-order valence-corrected chi connectivity index (χ4v) is 0. The van der Waals surface area contributed by atoms with Crippen LogP contribution in [0.25, 0.3) is 0 Å². The van der Waals surface area contributed by atoms with E-state index < -0.39 is 0 Å². The van der Waals surface area contributed by atoms with Crippen LogP contribution >= 0.6 is 0 Å². The summed E-state index contributed by atoms with van der Waals surface area (Å²) in [4.78, 5) is 0. The molecule has 0 fully saturated rings. The standard InChI is InChI=1S/Co.Cs.Mo.HSe.Sr.3H/h;;;1H;;;;/q;+1;;;+2;3*-1. The minimum Gasteiger partial charge on any atom is 2.00 e. The zero-order valence-corrected chi connectivity index (χ0v) is 17.6. The molecule has 0 aromatic heterocycles. The summed E-state index contributed by atoms with van der Waals surface area (Å²) in [5, 5.41) is 0. The Bertz CT molecular complexity index is 19.2. The monoisotopic (exact) mass is 462 g/mol. The van der Waals surface area contributed by atoms with Gasteiger partial charge in [0.25, 0.3) is 0 Å². The van der Waals surface area contributed by atoms with Crippen LogP contribution in [0.2, 0.25) is 0 Å². The molecule has 28 valence electrons. The molecular weight excluding hydrogens is 454 g/mol. The molecule has 0 rings (SSSR count). The number of hydrogen-bond donors (Lipinski definition) is 0. The van der Waals surface area contributed by atoms with E-state index in [-0.39, 0.29) is 174 Å². The molecule has 0 aliphatic rings. The molecular formula is H4CoCsMoSeSr. The molecule has 0 saturated heterocycles. The van der Waals surface area contributed by atoms with Crippen LogP contribution < -0.4 is 68.9 Å². The molecule has 0 aliphatic heterocycles. The van der Waals surface area contributed by atoms with Crippen LogP contribution in [0.1, 0.15) is 4.28 Å². The van der Waals surface area contributed by atoms with Crippen LogP contribution in [0.5, 0.6) is 0 Å². The molecule has 5 heteroatoms. The molecule has 0 aliphatic carbocycles. The van der Waals surface area contributed by atoms with E-state index in [0.717, 1.165) is 0 Å². The predicted molar refractivity (Wildman–Crippen MR) is 16.2 cm³/mol. The van der Waals surface area contributed by atoms with Gasteiger partial charge in [0, 0.05) is 37.8 Å². The van der Waals surface area contributed by atoms with Crippen LogP contribution in [-0.2, 0) is 37.8 Å². The first-order chi connectivity index (χ1) is 0. The minimum absolute atomic E-state index is 0. The summed E-state index contributed by atoms with van der Waals surface area (Å²) in [7, 11) is 0. The smallest absolute Gasteiger partial charge is 2.00 e. The van der Waals surface area contributed by atoms with Crippen molar-refractivity contribution in [3.63, 3.8) is 0 Å². The van der Waals surface area contributed by atoms with Crippen molar-refractivity contribution in [3.8, 4) is 0 Å². The van der Waals surface area contributed by atoms with Crippen molar-refractivity contribution in [3.05, 3.63) is 0 Å². The van der Waals surface area contributed by atoms with Gasteiger partial charge < -0.3 is 4.28 Å². The van der Waals surface area contributed by atoms with Crippen LogP contribution in [0, 0.1) is 0 Å². The molecule has 2 radical (unpaired) electrons. The first kappa shape index (κ1) is 31.8. The summed E-state index contributed by atoms with van der Waals surface area (Å²) >= 11 is 0. The maximum absolute atomic E-state index is 0. The van der Waals surface area contributed by atoms with Gasteiger partial charge in [-0.05, 0) is 0 Å². The zero-order valence-electron chi connectivity index (χ0n) is 5.90. The van der Waals surface area contributed by atoms with Crippen LogP contribution in [-0.4, -0.2) is 62.6 Å². The molecule has 0 spiro atoms. The Balaban J connectivity index is 0. The van der Waals surface area contributed by atoms with E-state index in [0.29, 0.717) is 0 Å². The van der Waals surface area contributed by atoms with E-state index in [1.165, 1.54) is 0 Å². The average molecular weight is 458 g/mol. The van der Waals surface area contributed by atoms with Gasteiger partial charge in [-0.1, -0.05) is 0 Å². The Hall–Kier alpha value is 5.25. The minimum atomic E-state index is 0. The molecule has 0 bridgehead atoms. The van der Waals surface area contributed by atoms with Gasteiger partial charge in [-0.25, -0.2) is 0 Å². The van der Waals surface area contributed by atoms with E-state index in [1.54, 1.807) is 0 Å². The molecule has 0 nitrogen and oxygen atoms in total. The third kappa shape index (κ3) is 17.6. The molecule has 0 N–H and O–H groups in total. The molecule has 0 aromatic carbocycles. The van der Waals surface area contributed by atoms with E-state index in [9.17, 15) is 0 Å². The fourth-order valence-electron chi connectivity index (χ4n) is 0. The van der Waals surface area contributed by atoms with E-state index >= 15 is 0 Å². The Morgan fingerprint density at radius 3 is 1.20 bits per heavy atom. The number of hydrogen-bond acceptors (Lipinski definition) is 0. The maximum atomic E-state index is 0. The largest absolute Gasteiger partial charge is 2.00 e. The predicted octanol–water partition coefficient (Wildman–Crippen LogP) is -3.69. The first-order valence-corrected chi connectivity index (χ1v) is 0. The van der Waals surface area contributed by atoms with E-state index in [2.05, 4.69) is 0 Å². The molecule has 0 atom stereocenters. The van der Waals surface area contributed by atoms with Crippen molar-refractivity contribution >= 4 is 62.6 Å². The summed E-state index contributed by atoms with van der Waals surface area (Å²) in [6.45, 7) is 0. The van der Waals surface area contributed by atoms with Crippen LogP contribution in [0.15, 0.2) is 0 Å². The molecule has 0 saturated carbocycles. The summed E-state index contributed by atoms with van der Waals surface area (Å²) in [5.74, 6) is 0. The second-order valence-corrected chi connectivity index (χ2v) is 0. The van der Waals surface area contributed by atoms with Gasteiger partial charge in [0.05, 0.1) is 0 Å². The zero-order chi connectivity index (χ0) is 0. The van der Waals surface area contributed by atoms with Crippen LogP contribution in [0.3, 0.4) is 0 Å². The third-order valence-electron chi connectivity index (χ3n) is 0. The van der Waals surface area contributed by atoms with Crippen LogP contribution in [0.4, 0.5) is 0 Å². The second-order valence-electron chi connectivity index (χ2n) is 0. The Morgan fingerprint density at radius 1 is 1.20 bits per heavy atom. The Morgan fingerprint density at radius 2 is 1.20 bits per heavy atom. The molecule has 0 heterocycles. The Kier molecular flexibility index (Phi) is 145. The fraction of sp³-hybridized carbons (Fsp3) is 0. The molecule has 5 heavy (non-hydrogen) atoms. The number of rotatable bonds is 0.